The third kappa shape index (κ3) is 8.17. The van der Waals surface area contributed by atoms with E-state index in [9.17, 15) is 19.7 Å². The second kappa shape index (κ2) is 15.3. The summed E-state index contributed by atoms with van der Waals surface area (Å²) in [5, 5.41) is 32.7. The first-order valence-corrected chi connectivity index (χ1v) is 16.5. The summed E-state index contributed by atoms with van der Waals surface area (Å²) >= 11 is 0. The Morgan fingerprint density at radius 2 is 1.57 bits per heavy atom. The van der Waals surface area contributed by atoms with Gasteiger partial charge in [-0.3, -0.25) is 0 Å². The monoisotopic (exact) mass is 588 g/mol. The number of phenols is 1. The molecule has 0 radical (unpaired) electrons. The van der Waals surface area contributed by atoms with Crippen LogP contribution in [0.5, 0.6) is 5.75 Å². The van der Waals surface area contributed by atoms with Crippen LogP contribution >= 0.6 is 0 Å². The van der Waals surface area contributed by atoms with Gasteiger partial charge in [0.1, 0.15) is 0 Å². The van der Waals surface area contributed by atoms with Gasteiger partial charge in [-0.1, -0.05) is 125 Å². The lowest BCUT2D eigenvalue weighted by atomic mass is 9.94. The highest BCUT2D eigenvalue weighted by atomic mass is 28.4. The molecular weight excluding hydrogens is 543 g/mol. The van der Waals surface area contributed by atoms with Crippen LogP contribution in [-0.2, 0) is 4.43 Å². The van der Waals surface area contributed by atoms with Crippen LogP contribution < -0.4 is 10.4 Å². The van der Waals surface area contributed by atoms with E-state index in [0.29, 0.717) is 29.6 Å². The molecule has 0 aliphatic rings. The molecule has 42 heavy (non-hydrogen) atoms. The lowest BCUT2D eigenvalue weighted by Gasteiger charge is -2.43. The number of aromatic hydroxyl groups is 1. The number of benzene rings is 3. The quantitative estimate of drug-likeness (QED) is 0.141. The van der Waals surface area contributed by atoms with Crippen molar-refractivity contribution < 1.29 is 24.1 Å². The molecule has 0 bridgehead atoms. The SMILES string of the molecule is C=C(CO[Si](c1ccccc1)(c1ccccc1)C(C)(C)C)/C(=C/CO)C(O)CC/C(=C/c1ccc(O)c(F)c1)CCC. The molecule has 0 aromatic heterocycles. The van der Waals surface area contributed by atoms with Crippen LogP contribution in [0.2, 0.25) is 5.04 Å². The molecule has 0 aliphatic heterocycles. The summed E-state index contributed by atoms with van der Waals surface area (Å²) in [6, 6.07) is 25.0. The van der Waals surface area contributed by atoms with E-state index < -0.39 is 20.2 Å². The van der Waals surface area contributed by atoms with E-state index in [4.69, 9.17) is 4.43 Å². The largest absolute Gasteiger partial charge is 0.505 e. The first-order valence-electron chi connectivity index (χ1n) is 14.6. The minimum atomic E-state index is -2.80. The van der Waals surface area contributed by atoms with Crippen molar-refractivity contribution in [1.29, 1.82) is 0 Å². The summed E-state index contributed by atoms with van der Waals surface area (Å²) in [7, 11) is -2.80. The second-order valence-electron chi connectivity index (χ2n) is 11.7. The standard InChI is InChI=1S/C36H45FO4Si/c1-6-13-28(24-29-19-21-35(40)33(37)25-29)18-20-34(39)32(22-23-38)27(2)26-41-42(36(3,4)5,30-14-9-7-10-15-30)31-16-11-8-12-17-31/h7-12,14-17,19,21-22,24-25,34,38-40H,2,6,13,18,20,23,26H2,1,3-5H3/b28-24+,32-22-. The number of aliphatic hydroxyl groups is 2. The van der Waals surface area contributed by atoms with E-state index in [1.165, 1.54) is 12.1 Å². The van der Waals surface area contributed by atoms with Gasteiger partial charge in [0.15, 0.2) is 11.6 Å². The molecule has 3 N–H and O–H groups in total. The maximum atomic E-state index is 13.9. The molecule has 0 spiro atoms. The fourth-order valence-corrected chi connectivity index (χ4v) is 10.1. The smallest absolute Gasteiger partial charge is 0.261 e. The third-order valence-corrected chi connectivity index (χ3v) is 12.6. The van der Waals surface area contributed by atoms with Gasteiger partial charge in [0.2, 0.25) is 0 Å². The maximum Gasteiger partial charge on any atom is 0.261 e. The van der Waals surface area contributed by atoms with Gasteiger partial charge in [-0.2, -0.15) is 0 Å². The molecule has 0 fully saturated rings. The summed E-state index contributed by atoms with van der Waals surface area (Å²) in [6.45, 7) is 13.0. The zero-order chi connectivity index (χ0) is 30.8. The Hall–Kier alpha value is -3.29. The molecule has 0 saturated heterocycles. The average Bonchev–Trinajstić information content (AvgIpc) is 2.97. The molecule has 4 nitrogen and oxygen atoms in total. The molecule has 0 amide bonds. The van der Waals surface area contributed by atoms with Crippen LogP contribution in [0.3, 0.4) is 0 Å². The van der Waals surface area contributed by atoms with Gasteiger partial charge in [0, 0.05) is 0 Å². The highest BCUT2D eigenvalue weighted by Crippen LogP contribution is 2.37. The summed E-state index contributed by atoms with van der Waals surface area (Å²) in [6.07, 6.45) is 5.37. The number of hydrogen-bond donors (Lipinski definition) is 3. The van der Waals surface area contributed by atoms with Crippen molar-refractivity contribution in [3.05, 3.63) is 120 Å². The minimum absolute atomic E-state index is 0.205. The molecule has 1 unspecified atom stereocenters. The molecule has 3 rings (SSSR count). The summed E-state index contributed by atoms with van der Waals surface area (Å²) in [5.41, 5.74) is 2.93. The topological polar surface area (TPSA) is 69.9 Å². The Morgan fingerprint density at radius 1 is 0.976 bits per heavy atom. The zero-order valence-electron chi connectivity index (χ0n) is 25.3. The predicted octanol–water partition coefficient (Wildman–Crippen LogP) is 6.91. The highest BCUT2D eigenvalue weighted by Gasteiger charge is 2.50. The number of halogens is 1. The van der Waals surface area contributed by atoms with Gasteiger partial charge >= 0.3 is 0 Å². The molecule has 3 aromatic carbocycles. The first kappa shape index (κ1) is 33.2. The van der Waals surface area contributed by atoms with Crippen LogP contribution in [0.15, 0.2) is 108 Å². The van der Waals surface area contributed by atoms with Gasteiger partial charge in [-0.25, -0.2) is 4.39 Å². The molecule has 3 aromatic rings. The molecule has 224 valence electrons. The van der Waals surface area contributed by atoms with Gasteiger partial charge < -0.3 is 19.7 Å². The average molecular weight is 589 g/mol. The molecular formula is C36H45FO4Si. The summed E-state index contributed by atoms with van der Waals surface area (Å²) < 4.78 is 20.9. The van der Waals surface area contributed by atoms with Gasteiger partial charge in [-0.15, -0.1) is 0 Å². The van der Waals surface area contributed by atoms with Gasteiger partial charge in [-0.05, 0) is 63.5 Å². The van der Waals surface area contributed by atoms with Crippen molar-refractivity contribution in [3.8, 4) is 5.75 Å². The van der Waals surface area contributed by atoms with Crippen molar-refractivity contribution in [2.75, 3.05) is 13.2 Å². The van der Waals surface area contributed by atoms with E-state index in [2.05, 4.69) is 58.5 Å². The van der Waals surface area contributed by atoms with Crippen molar-refractivity contribution in [2.24, 2.45) is 0 Å². The molecule has 0 saturated carbocycles. The molecule has 0 heterocycles. The van der Waals surface area contributed by atoms with E-state index in [1.807, 2.05) is 42.5 Å². The molecule has 1 atom stereocenters. The molecule has 0 aliphatic carbocycles. The number of aliphatic hydroxyl groups excluding tert-OH is 2. The zero-order valence-corrected chi connectivity index (χ0v) is 26.3. The lowest BCUT2D eigenvalue weighted by Crippen LogP contribution is -2.66. The lowest BCUT2D eigenvalue weighted by molar-refractivity contribution is 0.197. The van der Waals surface area contributed by atoms with Gasteiger partial charge in [0.05, 0.1) is 19.3 Å². The Labute approximate surface area is 251 Å². The first-order chi connectivity index (χ1) is 20.0. The van der Waals surface area contributed by atoms with E-state index in [-0.39, 0.29) is 24.0 Å². The number of hydrogen-bond acceptors (Lipinski definition) is 4. The Morgan fingerprint density at radius 3 is 2.07 bits per heavy atom. The van der Waals surface area contributed by atoms with Crippen molar-refractivity contribution >= 4 is 24.8 Å². The third-order valence-electron chi connectivity index (χ3n) is 7.61. The van der Waals surface area contributed by atoms with Crippen molar-refractivity contribution in [2.45, 2.75) is 64.5 Å². The fraction of sp³-hybridized carbons (Fsp3) is 0.333. The van der Waals surface area contributed by atoms with Crippen LogP contribution in [0.1, 0.15) is 58.9 Å². The number of allylic oxidation sites excluding steroid dienone is 1. The highest BCUT2D eigenvalue weighted by molar-refractivity contribution is 6.99. The summed E-state index contributed by atoms with van der Waals surface area (Å²) in [4.78, 5) is 0. The van der Waals surface area contributed by atoms with Crippen LogP contribution in [0, 0.1) is 5.82 Å². The number of rotatable bonds is 14. The second-order valence-corrected chi connectivity index (χ2v) is 16.0. The van der Waals surface area contributed by atoms with E-state index in [1.54, 1.807) is 12.1 Å². The summed E-state index contributed by atoms with van der Waals surface area (Å²) in [5.74, 6) is -1.04. The Balaban J connectivity index is 1.84. The minimum Gasteiger partial charge on any atom is -0.505 e. The maximum absolute atomic E-state index is 13.9. The fourth-order valence-electron chi connectivity index (χ4n) is 5.57. The Kier molecular flexibility index (Phi) is 12.1. The van der Waals surface area contributed by atoms with E-state index >= 15 is 0 Å². The van der Waals surface area contributed by atoms with Gasteiger partial charge in [0.25, 0.3) is 8.32 Å². The molecule has 6 heteroatoms. The van der Waals surface area contributed by atoms with Crippen LogP contribution in [0.25, 0.3) is 6.08 Å². The predicted molar refractivity (Wildman–Crippen MR) is 174 cm³/mol. The Bertz CT molecular complexity index is 1320. The van der Waals surface area contributed by atoms with Crippen LogP contribution in [-0.4, -0.2) is 43.0 Å². The van der Waals surface area contributed by atoms with Crippen molar-refractivity contribution in [3.63, 3.8) is 0 Å². The number of phenolic OH excluding ortho intramolecular Hbond substituents is 1. The van der Waals surface area contributed by atoms with Crippen LogP contribution in [0.4, 0.5) is 4.39 Å². The van der Waals surface area contributed by atoms with E-state index in [0.717, 1.165) is 28.8 Å². The van der Waals surface area contributed by atoms with Crippen molar-refractivity contribution in [1.82, 2.24) is 0 Å². The normalized spacial score (nSPS) is 13.7.